The number of rotatable bonds is 3. The van der Waals surface area contributed by atoms with Crippen molar-refractivity contribution in [3.63, 3.8) is 0 Å². The molecule has 0 atom stereocenters. The van der Waals surface area contributed by atoms with E-state index >= 15 is 0 Å². The summed E-state index contributed by atoms with van der Waals surface area (Å²) in [5.41, 5.74) is 3.83. The van der Waals surface area contributed by atoms with E-state index in [1.165, 1.54) is 23.1 Å². The molecule has 0 aliphatic carbocycles. The van der Waals surface area contributed by atoms with Gasteiger partial charge < -0.3 is 4.98 Å². The van der Waals surface area contributed by atoms with E-state index in [1.54, 1.807) is 24.3 Å². The van der Waals surface area contributed by atoms with Crippen LogP contribution in [0, 0.1) is 6.92 Å². The molecule has 148 valence electrons. The Balaban J connectivity index is 1.51. The van der Waals surface area contributed by atoms with Crippen LogP contribution in [0.15, 0.2) is 58.7 Å². The fourth-order valence-electron chi connectivity index (χ4n) is 3.68. The van der Waals surface area contributed by atoms with Gasteiger partial charge in [0.1, 0.15) is 0 Å². The van der Waals surface area contributed by atoms with Crippen LogP contribution in [0.2, 0.25) is 0 Å². The number of aromatic amines is 1. The molecular weight excluding hydrogens is 398 g/mol. The Hall–Kier alpha value is -3.78. The Morgan fingerprint density at radius 3 is 2.57 bits per heavy atom. The number of H-pyrrole nitrogens is 1. The minimum absolute atomic E-state index is 0.188. The van der Waals surface area contributed by atoms with Crippen LogP contribution >= 0.6 is 11.3 Å². The lowest BCUT2D eigenvalue weighted by Gasteiger charge is -2.07. The van der Waals surface area contributed by atoms with E-state index < -0.39 is 5.91 Å². The van der Waals surface area contributed by atoms with Crippen molar-refractivity contribution in [2.75, 3.05) is 5.32 Å². The number of hydrogen-bond acceptors (Lipinski definition) is 5. The molecule has 5 rings (SSSR count). The molecule has 3 heterocycles. The number of hydrogen-bond donors (Lipinski definition) is 2. The van der Waals surface area contributed by atoms with Gasteiger partial charge in [0, 0.05) is 40.0 Å². The number of amides is 1. The highest BCUT2D eigenvalue weighted by molar-refractivity contribution is 7.14. The summed E-state index contributed by atoms with van der Waals surface area (Å²) in [5.74, 6) is -0.404. The Morgan fingerprint density at radius 2 is 1.77 bits per heavy atom. The zero-order valence-electron chi connectivity index (χ0n) is 16.3. The van der Waals surface area contributed by atoms with Crippen molar-refractivity contribution in [1.82, 2.24) is 19.7 Å². The molecule has 0 aliphatic rings. The zero-order valence-corrected chi connectivity index (χ0v) is 17.1. The van der Waals surface area contributed by atoms with Crippen molar-refractivity contribution in [2.45, 2.75) is 6.92 Å². The SMILES string of the molecule is Cc1[nH]c2ccccc2c1-c1csc(NC(=O)c2nn(C)c(=O)c3ccccc23)n1. The van der Waals surface area contributed by atoms with Crippen LogP contribution in [0.25, 0.3) is 32.9 Å². The standard InChI is InChI=1S/C22H17N5O2S/c1-12-18(15-9-5-6-10-16(15)23-12)17-11-30-22(24-17)25-20(28)19-13-7-3-4-8-14(13)21(29)27(2)26-19/h3-11,23H,1-2H3,(H,24,25,28). The first kappa shape index (κ1) is 18.3. The monoisotopic (exact) mass is 415 g/mol. The van der Waals surface area contributed by atoms with Gasteiger partial charge in [0.25, 0.3) is 11.5 Å². The minimum Gasteiger partial charge on any atom is -0.358 e. The summed E-state index contributed by atoms with van der Waals surface area (Å²) in [6.45, 7) is 2.01. The van der Waals surface area contributed by atoms with Crippen molar-refractivity contribution in [3.8, 4) is 11.3 Å². The summed E-state index contributed by atoms with van der Waals surface area (Å²) in [5, 5.41) is 11.4. The zero-order chi connectivity index (χ0) is 20.8. The predicted octanol–water partition coefficient (Wildman–Crippen LogP) is 4.10. The molecule has 2 aromatic carbocycles. The average molecular weight is 415 g/mol. The van der Waals surface area contributed by atoms with Crippen LogP contribution in [-0.4, -0.2) is 25.7 Å². The third-order valence-electron chi connectivity index (χ3n) is 5.05. The van der Waals surface area contributed by atoms with Crippen LogP contribution < -0.4 is 10.9 Å². The molecule has 8 heteroatoms. The predicted molar refractivity (Wildman–Crippen MR) is 119 cm³/mol. The van der Waals surface area contributed by atoms with Crippen LogP contribution in [0.5, 0.6) is 0 Å². The summed E-state index contributed by atoms with van der Waals surface area (Å²) in [6, 6.07) is 15.0. The lowest BCUT2D eigenvalue weighted by Crippen LogP contribution is -2.25. The maximum absolute atomic E-state index is 12.9. The van der Waals surface area contributed by atoms with Crippen LogP contribution in [0.3, 0.4) is 0 Å². The molecule has 0 radical (unpaired) electrons. The molecule has 1 amide bonds. The van der Waals surface area contributed by atoms with Crippen molar-refractivity contribution >= 4 is 44.1 Å². The van der Waals surface area contributed by atoms with Crippen molar-refractivity contribution in [2.24, 2.45) is 7.05 Å². The average Bonchev–Trinajstić information content (AvgIpc) is 3.33. The largest absolute Gasteiger partial charge is 0.358 e. The van der Waals surface area contributed by atoms with Gasteiger partial charge >= 0.3 is 0 Å². The van der Waals surface area contributed by atoms with Crippen molar-refractivity contribution < 1.29 is 4.79 Å². The van der Waals surface area contributed by atoms with Crippen molar-refractivity contribution in [1.29, 1.82) is 0 Å². The third-order valence-corrected chi connectivity index (χ3v) is 5.80. The maximum Gasteiger partial charge on any atom is 0.278 e. The van der Waals surface area contributed by atoms with E-state index in [1.807, 2.05) is 36.6 Å². The topological polar surface area (TPSA) is 92.7 Å². The van der Waals surface area contributed by atoms with Crippen molar-refractivity contribution in [3.05, 3.63) is 75.7 Å². The highest BCUT2D eigenvalue weighted by Gasteiger charge is 2.18. The lowest BCUT2D eigenvalue weighted by molar-refractivity contribution is 0.102. The van der Waals surface area contributed by atoms with E-state index in [4.69, 9.17) is 0 Å². The first-order valence-corrected chi connectivity index (χ1v) is 10.2. The molecule has 0 saturated heterocycles. The highest BCUT2D eigenvalue weighted by atomic mass is 32.1. The Labute approximate surface area is 175 Å². The van der Waals surface area contributed by atoms with E-state index in [0.717, 1.165) is 27.9 Å². The quantitative estimate of drug-likeness (QED) is 0.464. The second-order valence-electron chi connectivity index (χ2n) is 6.99. The number of thiazole rings is 1. The molecular formula is C22H17N5O2S. The number of benzene rings is 2. The van der Waals surface area contributed by atoms with Gasteiger partial charge in [0.15, 0.2) is 10.8 Å². The fraction of sp³-hybridized carbons (Fsp3) is 0.0909. The molecule has 0 spiro atoms. The summed E-state index contributed by atoms with van der Waals surface area (Å²) in [6.07, 6.45) is 0. The molecule has 5 aromatic rings. The van der Waals surface area contributed by atoms with Gasteiger partial charge in [-0.1, -0.05) is 36.4 Å². The molecule has 0 bridgehead atoms. The smallest absolute Gasteiger partial charge is 0.278 e. The Bertz CT molecular complexity index is 1490. The first-order chi connectivity index (χ1) is 14.5. The molecule has 0 unspecified atom stereocenters. The minimum atomic E-state index is -0.404. The summed E-state index contributed by atoms with van der Waals surface area (Å²) < 4.78 is 1.18. The lowest BCUT2D eigenvalue weighted by atomic mass is 10.1. The highest BCUT2D eigenvalue weighted by Crippen LogP contribution is 2.34. The molecule has 0 saturated carbocycles. The molecule has 30 heavy (non-hydrogen) atoms. The normalized spacial score (nSPS) is 11.3. The van der Waals surface area contributed by atoms with Gasteiger partial charge in [-0.05, 0) is 19.1 Å². The van der Waals surface area contributed by atoms with E-state index in [0.29, 0.717) is 15.9 Å². The van der Waals surface area contributed by atoms with E-state index in [2.05, 4.69) is 20.4 Å². The van der Waals surface area contributed by atoms with Crippen LogP contribution in [0.1, 0.15) is 16.2 Å². The van der Waals surface area contributed by atoms with Crippen LogP contribution in [0.4, 0.5) is 5.13 Å². The number of anilines is 1. The third kappa shape index (κ3) is 2.89. The van der Waals surface area contributed by atoms with E-state index in [9.17, 15) is 9.59 Å². The number of para-hydroxylation sites is 1. The molecule has 2 N–H and O–H groups in total. The molecule has 0 fully saturated rings. The van der Waals surface area contributed by atoms with Gasteiger partial charge in [0.05, 0.1) is 11.1 Å². The van der Waals surface area contributed by atoms with Gasteiger partial charge in [-0.25, -0.2) is 9.67 Å². The summed E-state index contributed by atoms with van der Waals surface area (Å²) >= 11 is 1.35. The van der Waals surface area contributed by atoms with E-state index in [-0.39, 0.29) is 11.3 Å². The molecule has 7 nitrogen and oxygen atoms in total. The fourth-order valence-corrected chi connectivity index (χ4v) is 4.37. The number of nitrogens with one attached hydrogen (secondary N) is 2. The second-order valence-corrected chi connectivity index (χ2v) is 7.84. The second kappa shape index (κ2) is 6.93. The maximum atomic E-state index is 12.9. The number of nitrogens with zero attached hydrogens (tertiary/aromatic N) is 3. The molecule has 3 aromatic heterocycles. The molecule has 0 aliphatic heterocycles. The number of carbonyl (C=O) groups excluding carboxylic acids is 1. The van der Waals surface area contributed by atoms with Gasteiger partial charge in [-0.2, -0.15) is 5.10 Å². The van der Waals surface area contributed by atoms with Gasteiger partial charge in [-0.15, -0.1) is 11.3 Å². The summed E-state index contributed by atoms with van der Waals surface area (Å²) in [4.78, 5) is 33.2. The Morgan fingerprint density at radius 1 is 1.07 bits per heavy atom. The summed E-state index contributed by atoms with van der Waals surface area (Å²) in [7, 11) is 1.53. The number of fused-ring (bicyclic) bond motifs is 2. The Kier molecular flexibility index (Phi) is 4.22. The number of aromatic nitrogens is 4. The van der Waals surface area contributed by atoms with Gasteiger partial charge in [-0.3, -0.25) is 14.9 Å². The van der Waals surface area contributed by atoms with Gasteiger partial charge in [0.2, 0.25) is 0 Å². The first-order valence-electron chi connectivity index (χ1n) is 9.33. The number of aryl methyl sites for hydroxylation is 2. The van der Waals surface area contributed by atoms with Crippen LogP contribution in [-0.2, 0) is 7.05 Å². The number of carbonyl (C=O) groups is 1.